The van der Waals surface area contributed by atoms with E-state index in [2.05, 4.69) is 5.32 Å². The smallest absolute Gasteiger partial charge is 0.288 e. The van der Waals surface area contributed by atoms with Crippen molar-refractivity contribution >= 4 is 17.3 Å². The molecule has 1 aromatic rings. The summed E-state index contributed by atoms with van der Waals surface area (Å²) in [5, 5.41) is 14.2. The maximum Gasteiger partial charge on any atom is 0.288 e. The summed E-state index contributed by atoms with van der Waals surface area (Å²) >= 11 is 5.76. The Kier molecular flexibility index (Phi) is 7.51. The Balaban J connectivity index is 2.25. The molecule has 0 aliphatic carbocycles. The van der Waals surface area contributed by atoms with E-state index in [1.807, 2.05) is 13.8 Å². The topological polar surface area (TPSA) is 64.4 Å². The van der Waals surface area contributed by atoms with Gasteiger partial charge in [-0.3, -0.25) is 10.1 Å². The van der Waals surface area contributed by atoms with Crippen molar-refractivity contribution in [3.05, 3.63) is 38.9 Å². The van der Waals surface area contributed by atoms with E-state index in [4.69, 9.17) is 16.3 Å². The minimum atomic E-state index is -0.463. The van der Waals surface area contributed by atoms with E-state index in [0.717, 1.165) is 31.6 Å². The Bertz CT molecular complexity index is 438. The lowest BCUT2D eigenvalue weighted by Gasteiger charge is -2.08. The molecule has 0 atom stereocenters. The Morgan fingerprint density at radius 1 is 1.40 bits per heavy atom. The lowest BCUT2D eigenvalue weighted by atomic mass is 10.2. The molecule has 6 heteroatoms. The monoisotopic (exact) mass is 300 g/mol. The van der Waals surface area contributed by atoms with Crippen LogP contribution in [-0.2, 0) is 11.3 Å². The van der Waals surface area contributed by atoms with Gasteiger partial charge in [-0.1, -0.05) is 17.7 Å². The summed E-state index contributed by atoms with van der Waals surface area (Å²) in [6.07, 6.45) is 2.30. The summed E-state index contributed by atoms with van der Waals surface area (Å²) < 4.78 is 5.44. The van der Waals surface area contributed by atoms with Gasteiger partial charge in [0, 0.05) is 19.2 Å². The lowest BCUT2D eigenvalue weighted by Crippen LogP contribution is -2.15. The van der Waals surface area contributed by atoms with Crippen LogP contribution in [0.25, 0.3) is 0 Å². The normalized spacial score (nSPS) is 11.0. The molecule has 0 aliphatic heterocycles. The van der Waals surface area contributed by atoms with Crippen LogP contribution in [0.3, 0.4) is 0 Å². The number of hydrogen-bond acceptors (Lipinski definition) is 4. The number of rotatable bonds is 9. The van der Waals surface area contributed by atoms with E-state index in [-0.39, 0.29) is 16.8 Å². The molecule has 0 unspecified atom stereocenters. The number of nitrogens with one attached hydrogen (secondary N) is 1. The fourth-order valence-corrected chi connectivity index (χ4v) is 1.90. The third-order valence-corrected chi connectivity index (χ3v) is 3.06. The molecular weight excluding hydrogens is 280 g/mol. The average Bonchev–Trinajstić information content (AvgIpc) is 2.38. The molecule has 0 amide bonds. The number of halogens is 1. The molecule has 0 aromatic heterocycles. The molecule has 0 aliphatic rings. The molecule has 0 saturated heterocycles. The number of ether oxygens (including phenoxy) is 1. The van der Waals surface area contributed by atoms with Gasteiger partial charge in [-0.25, -0.2) is 0 Å². The molecule has 0 bridgehead atoms. The summed E-state index contributed by atoms with van der Waals surface area (Å²) in [6, 6.07) is 4.87. The molecule has 20 heavy (non-hydrogen) atoms. The van der Waals surface area contributed by atoms with Gasteiger partial charge in [0.05, 0.1) is 11.0 Å². The minimum absolute atomic E-state index is 0.0451. The van der Waals surface area contributed by atoms with E-state index >= 15 is 0 Å². The van der Waals surface area contributed by atoms with Crippen LogP contribution in [-0.4, -0.2) is 24.2 Å². The highest BCUT2D eigenvalue weighted by Crippen LogP contribution is 2.24. The first-order valence-electron chi connectivity index (χ1n) is 6.76. The third-order valence-electron chi connectivity index (χ3n) is 2.74. The standard InChI is InChI=1S/C14H21ClN2O3/c1-11(2)20-8-4-3-7-16-10-12-5-6-13(15)14(9-12)17(18)19/h5-6,9,11,16H,3-4,7-8,10H2,1-2H3. The number of nitro benzene ring substituents is 1. The van der Waals surface area contributed by atoms with E-state index in [9.17, 15) is 10.1 Å². The highest BCUT2D eigenvalue weighted by atomic mass is 35.5. The number of nitrogens with zero attached hydrogens (tertiary/aromatic N) is 1. The van der Waals surface area contributed by atoms with Crippen LogP contribution in [0.5, 0.6) is 0 Å². The molecule has 1 N–H and O–H groups in total. The molecule has 0 saturated carbocycles. The SMILES string of the molecule is CC(C)OCCCCNCc1ccc(Cl)c([N+](=O)[O-])c1. The zero-order chi connectivity index (χ0) is 15.0. The van der Waals surface area contributed by atoms with Crippen LogP contribution < -0.4 is 5.32 Å². The van der Waals surface area contributed by atoms with Crippen molar-refractivity contribution in [2.75, 3.05) is 13.2 Å². The summed E-state index contributed by atoms with van der Waals surface area (Å²) in [7, 11) is 0. The van der Waals surface area contributed by atoms with Gasteiger partial charge >= 0.3 is 0 Å². The first-order valence-corrected chi connectivity index (χ1v) is 7.13. The second kappa shape index (κ2) is 8.89. The van der Waals surface area contributed by atoms with Crippen LogP contribution >= 0.6 is 11.6 Å². The molecule has 1 rings (SSSR count). The quantitative estimate of drug-likeness (QED) is 0.430. The Morgan fingerprint density at radius 3 is 2.80 bits per heavy atom. The number of hydrogen-bond donors (Lipinski definition) is 1. The zero-order valence-corrected chi connectivity index (χ0v) is 12.7. The average molecular weight is 301 g/mol. The molecule has 0 fully saturated rings. The van der Waals surface area contributed by atoms with Crippen molar-refractivity contribution in [1.29, 1.82) is 0 Å². The first-order chi connectivity index (χ1) is 9.50. The molecule has 112 valence electrons. The van der Waals surface area contributed by atoms with Crippen LogP contribution in [0.4, 0.5) is 5.69 Å². The van der Waals surface area contributed by atoms with Gasteiger partial charge < -0.3 is 10.1 Å². The first kappa shape index (κ1) is 16.9. The van der Waals surface area contributed by atoms with Crippen molar-refractivity contribution in [1.82, 2.24) is 5.32 Å². The van der Waals surface area contributed by atoms with E-state index in [0.29, 0.717) is 6.54 Å². The van der Waals surface area contributed by atoms with E-state index < -0.39 is 4.92 Å². The third kappa shape index (κ3) is 6.32. The van der Waals surface area contributed by atoms with Gasteiger partial charge in [0.15, 0.2) is 0 Å². The summed E-state index contributed by atoms with van der Waals surface area (Å²) in [5.74, 6) is 0. The molecule has 0 heterocycles. The minimum Gasteiger partial charge on any atom is -0.379 e. The number of benzene rings is 1. The fourth-order valence-electron chi connectivity index (χ4n) is 1.71. The molecule has 0 radical (unpaired) electrons. The fraction of sp³-hybridized carbons (Fsp3) is 0.571. The van der Waals surface area contributed by atoms with Crippen LogP contribution in [0, 0.1) is 10.1 Å². The number of unbranched alkanes of at least 4 members (excludes halogenated alkanes) is 1. The van der Waals surface area contributed by atoms with Crippen LogP contribution in [0.15, 0.2) is 18.2 Å². The highest BCUT2D eigenvalue weighted by Gasteiger charge is 2.12. The van der Waals surface area contributed by atoms with Crippen LogP contribution in [0.2, 0.25) is 5.02 Å². The summed E-state index contributed by atoms with van der Waals surface area (Å²) in [6.45, 7) is 6.27. The summed E-state index contributed by atoms with van der Waals surface area (Å²) in [4.78, 5) is 10.3. The predicted molar refractivity (Wildman–Crippen MR) is 80.1 cm³/mol. The van der Waals surface area contributed by atoms with Gasteiger partial charge in [-0.05, 0) is 44.9 Å². The van der Waals surface area contributed by atoms with E-state index in [1.54, 1.807) is 12.1 Å². The zero-order valence-electron chi connectivity index (χ0n) is 11.9. The van der Waals surface area contributed by atoms with Gasteiger partial charge in [-0.2, -0.15) is 0 Å². The molecular formula is C14H21ClN2O3. The van der Waals surface area contributed by atoms with E-state index in [1.165, 1.54) is 6.07 Å². The molecule has 0 spiro atoms. The second-order valence-electron chi connectivity index (χ2n) is 4.85. The Morgan fingerprint density at radius 2 is 2.15 bits per heavy atom. The van der Waals surface area contributed by atoms with Crippen molar-refractivity contribution in [3.63, 3.8) is 0 Å². The van der Waals surface area contributed by atoms with Gasteiger partial charge in [0.2, 0.25) is 0 Å². The second-order valence-corrected chi connectivity index (χ2v) is 5.25. The largest absolute Gasteiger partial charge is 0.379 e. The lowest BCUT2D eigenvalue weighted by molar-refractivity contribution is -0.384. The van der Waals surface area contributed by atoms with Gasteiger partial charge in [-0.15, -0.1) is 0 Å². The van der Waals surface area contributed by atoms with Crippen molar-refractivity contribution in [2.24, 2.45) is 0 Å². The Hall–Kier alpha value is -1.17. The number of nitro groups is 1. The summed E-state index contributed by atoms with van der Waals surface area (Å²) in [5.41, 5.74) is 0.816. The van der Waals surface area contributed by atoms with Crippen LogP contribution in [0.1, 0.15) is 32.3 Å². The predicted octanol–water partition coefficient (Wildman–Crippen LogP) is 3.54. The van der Waals surface area contributed by atoms with Crippen molar-refractivity contribution < 1.29 is 9.66 Å². The maximum atomic E-state index is 10.8. The molecule has 1 aromatic carbocycles. The maximum absolute atomic E-state index is 10.8. The van der Waals surface area contributed by atoms with Crippen molar-refractivity contribution in [3.8, 4) is 0 Å². The van der Waals surface area contributed by atoms with Crippen molar-refractivity contribution in [2.45, 2.75) is 39.3 Å². The highest BCUT2D eigenvalue weighted by molar-refractivity contribution is 6.32. The van der Waals surface area contributed by atoms with Gasteiger partial charge in [0.1, 0.15) is 5.02 Å². The Labute approximate surface area is 124 Å². The van der Waals surface area contributed by atoms with Gasteiger partial charge in [0.25, 0.3) is 5.69 Å². The molecule has 5 nitrogen and oxygen atoms in total.